The molecule has 90 valence electrons. The molecule has 1 saturated carbocycles. The first-order chi connectivity index (χ1) is 8.22. The summed E-state index contributed by atoms with van der Waals surface area (Å²) in [7, 11) is 0. The van der Waals surface area contributed by atoms with Crippen LogP contribution >= 0.6 is 11.6 Å². The monoisotopic (exact) mass is 250 g/mol. The first-order valence-corrected chi connectivity index (χ1v) is 6.56. The second-order valence-electron chi connectivity index (χ2n) is 5.00. The Hall–Kier alpha value is -1.02. The summed E-state index contributed by atoms with van der Waals surface area (Å²) in [5, 5.41) is 0.786. The van der Waals surface area contributed by atoms with Gasteiger partial charge in [-0.25, -0.2) is 0 Å². The van der Waals surface area contributed by atoms with E-state index in [4.69, 9.17) is 16.3 Å². The molecule has 1 aliphatic heterocycles. The highest BCUT2D eigenvalue weighted by Crippen LogP contribution is 2.36. The molecular weight excluding hydrogens is 236 g/mol. The molecule has 17 heavy (non-hydrogen) atoms. The van der Waals surface area contributed by atoms with Gasteiger partial charge in [-0.2, -0.15) is 0 Å². The van der Waals surface area contributed by atoms with Gasteiger partial charge < -0.3 is 4.74 Å². The van der Waals surface area contributed by atoms with E-state index >= 15 is 0 Å². The van der Waals surface area contributed by atoms with Crippen LogP contribution < -0.4 is 4.74 Å². The van der Waals surface area contributed by atoms with Gasteiger partial charge in [-0.1, -0.05) is 11.6 Å². The molecule has 1 unspecified atom stereocenters. The highest BCUT2D eigenvalue weighted by molar-refractivity contribution is 6.30. The van der Waals surface area contributed by atoms with E-state index < -0.39 is 0 Å². The summed E-state index contributed by atoms with van der Waals surface area (Å²) in [6.07, 6.45) is 4.36. The highest BCUT2D eigenvalue weighted by atomic mass is 35.5. The van der Waals surface area contributed by atoms with E-state index in [1.54, 1.807) is 0 Å². The third-order valence-corrected chi connectivity index (χ3v) is 3.90. The number of halogens is 1. The average Bonchev–Trinajstić information content (AvgIpc) is 2.87. The maximum absolute atomic E-state index is 11.3. The predicted molar refractivity (Wildman–Crippen MR) is 66.7 cm³/mol. The Bertz CT molecular complexity index is 468. The van der Waals surface area contributed by atoms with E-state index in [1.807, 2.05) is 12.1 Å². The molecule has 1 aromatic rings. The quantitative estimate of drug-likeness (QED) is 0.806. The number of fused-ring (bicyclic) bond motifs is 1. The predicted octanol–water partition coefficient (Wildman–Crippen LogP) is 3.19. The zero-order chi connectivity index (χ0) is 11.8. The van der Waals surface area contributed by atoms with E-state index in [0.717, 1.165) is 49.5 Å². The zero-order valence-corrected chi connectivity index (χ0v) is 10.4. The van der Waals surface area contributed by atoms with E-state index in [2.05, 4.69) is 0 Å². The molecule has 0 spiro atoms. The summed E-state index contributed by atoms with van der Waals surface area (Å²) in [6.45, 7) is 0.756. The first-order valence-electron chi connectivity index (χ1n) is 6.18. The number of hydrogen-bond donors (Lipinski definition) is 0. The summed E-state index contributed by atoms with van der Waals surface area (Å²) in [5.41, 5.74) is 2.40. The maximum atomic E-state index is 11.3. The Morgan fingerprint density at radius 1 is 1.35 bits per heavy atom. The minimum Gasteiger partial charge on any atom is -0.493 e. The van der Waals surface area contributed by atoms with Gasteiger partial charge in [0.05, 0.1) is 6.61 Å². The van der Waals surface area contributed by atoms with Gasteiger partial charge in [0.2, 0.25) is 0 Å². The number of ether oxygens (including phenoxy) is 1. The topological polar surface area (TPSA) is 26.3 Å². The van der Waals surface area contributed by atoms with Gasteiger partial charge in [0.1, 0.15) is 11.5 Å². The molecule has 2 nitrogen and oxygen atoms in total. The van der Waals surface area contributed by atoms with Crippen molar-refractivity contribution in [2.24, 2.45) is 5.92 Å². The van der Waals surface area contributed by atoms with Crippen LogP contribution in [0.5, 0.6) is 5.75 Å². The van der Waals surface area contributed by atoms with Gasteiger partial charge in [0.25, 0.3) is 0 Å². The number of carbonyl (C=O) groups is 1. The van der Waals surface area contributed by atoms with Crippen LogP contribution in [0.2, 0.25) is 5.02 Å². The molecular formula is C14H15ClO2. The molecule has 0 bridgehead atoms. The molecule has 1 aliphatic carbocycles. The van der Waals surface area contributed by atoms with E-state index in [9.17, 15) is 4.79 Å². The van der Waals surface area contributed by atoms with Crippen LogP contribution in [0.15, 0.2) is 12.1 Å². The molecule has 0 aromatic heterocycles. The fraction of sp³-hybridized carbons (Fsp3) is 0.500. The van der Waals surface area contributed by atoms with Crippen molar-refractivity contribution >= 4 is 17.4 Å². The molecule has 2 aliphatic rings. The number of ketones is 1. The van der Waals surface area contributed by atoms with Crippen molar-refractivity contribution < 1.29 is 9.53 Å². The Morgan fingerprint density at radius 3 is 3.00 bits per heavy atom. The van der Waals surface area contributed by atoms with Crippen LogP contribution in [0.4, 0.5) is 0 Å². The molecule has 0 radical (unpaired) electrons. The van der Waals surface area contributed by atoms with Crippen LogP contribution in [-0.4, -0.2) is 12.4 Å². The summed E-state index contributed by atoms with van der Waals surface area (Å²) in [6, 6.07) is 3.99. The zero-order valence-electron chi connectivity index (χ0n) is 9.67. The van der Waals surface area contributed by atoms with Crippen molar-refractivity contribution in [2.75, 3.05) is 6.61 Å². The third-order valence-electron chi connectivity index (χ3n) is 3.68. The van der Waals surface area contributed by atoms with Crippen molar-refractivity contribution in [1.82, 2.24) is 0 Å². The lowest BCUT2D eigenvalue weighted by Crippen LogP contribution is -2.02. The average molecular weight is 251 g/mol. The summed E-state index contributed by atoms with van der Waals surface area (Å²) < 4.78 is 5.68. The first kappa shape index (κ1) is 11.1. The molecule has 1 heterocycles. The van der Waals surface area contributed by atoms with Crippen LogP contribution in [0.1, 0.15) is 30.4 Å². The molecule has 1 atom stereocenters. The molecule has 1 fully saturated rings. The van der Waals surface area contributed by atoms with Crippen molar-refractivity contribution in [1.29, 1.82) is 0 Å². The van der Waals surface area contributed by atoms with Crippen molar-refractivity contribution in [3.63, 3.8) is 0 Å². The molecule has 1 aromatic carbocycles. The lowest BCUT2D eigenvalue weighted by atomic mass is 9.96. The van der Waals surface area contributed by atoms with Crippen LogP contribution in [0.25, 0.3) is 0 Å². The van der Waals surface area contributed by atoms with Gasteiger partial charge >= 0.3 is 0 Å². The summed E-state index contributed by atoms with van der Waals surface area (Å²) in [5.74, 6) is 1.90. The normalized spacial score (nSPS) is 22.6. The molecule has 0 amide bonds. The second-order valence-corrected chi connectivity index (χ2v) is 5.44. The minimum absolute atomic E-state index is 0.398. The third kappa shape index (κ3) is 2.19. The Morgan fingerprint density at radius 2 is 2.24 bits per heavy atom. The van der Waals surface area contributed by atoms with Crippen LogP contribution in [-0.2, 0) is 17.6 Å². The number of hydrogen-bond acceptors (Lipinski definition) is 2. The molecule has 3 heteroatoms. The van der Waals surface area contributed by atoms with E-state index in [0.29, 0.717) is 11.7 Å². The van der Waals surface area contributed by atoms with Crippen molar-refractivity contribution in [3.05, 3.63) is 28.3 Å². The minimum atomic E-state index is 0.398. The van der Waals surface area contributed by atoms with Crippen LogP contribution in [0, 0.1) is 5.92 Å². The molecule has 0 saturated heterocycles. The van der Waals surface area contributed by atoms with Crippen molar-refractivity contribution in [3.8, 4) is 5.75 Å². The summed E-state index contributed by atoms with van der Waals surface area (Å²) >= 11 is 6.12. The highest BCUT2D eigenvalue weighted by Gasteiger charge is 2.25. The number of benzene rings is 1. The van der Waals surface area contributed by atoms with E-state index in [-0.39, 0.29) is 0 Å². The van der Waals surface area contributed by atoms with Gasteiger partial charge in [-0.05, 0) is 42.0 Å². The fourth-order valence-corrected chi connectivity index (χ4v) is 3.14. The Balaban J connectivity index is 1.85. The Kier molecular flexibility index (Phi) is 2.83. The fourth-order valence-electron chi connectivity index (χ4n) is 2.87. The largest absolute Gasteiger partial charge is 0.493 e. The Labute approximate surface area is 106 Å². The maximum Gasteiger partial charge on any atom is 0.133 e. The van der Waals surface area contributed by atoms with Gasteiger partial charge in [-0.15, -0.1) is 0 Å². The van der Waals surface area contributed by atoms with Crippen molar-refractivity contribution in [2.45, 2.75) is 32.1 Å². The van der Waals surface area contributed by atoms with Gasteiger partial charge in [-0.3, -0.25) is 4.79 Å². The van der Waals surface area contributed by atoms with Crippen LogP contribution in [0.3, 0.4) is 0 Å². The van der Waals surface area contributed by atoms with Gasteiger partial charge in [0, 0.05) is 24.3 Å². The standard InChI is InChI=1S/C14H15ClO2/c15-12-7-10-3-4-17-14(10)11(8-12)5-9-1-2-13(16)6-9/h7-9H,1-6H2. The second kappa shape index (κ2) is 4.34. The lowest BCUT2D eigenvalue weighted by Gasteiger charge is -2.12. The number of rotatable bonds is 2. The summed E-state index contributed by atoms with van der Waals surface area (Å²) in [4.78, 5) is 11.3. The van der Waals surface area contributed by atoms with Gasteiger partial charge in [0.15, 0.2) is 0 Å². The van der Waals surface area contributed by atoms with E-state index in [1.165, 1.54) is 11.1 Å². The smallest absolute Gasteiger partial charge is 0.133 e. The molecule has 3 rings (SSSR count). The lowest BCUT2D eigenvalue weighted by molar-refractivity contribution is -0.117. The number of carbonyl (C=O) groups excluding carboxylic acids is 1. The number of Topliss-reactive ketones (excluding diaryl/α,β-unsaturated/α-hetero) is 1. The molecule has 0 N–H and O–H groups in total. The SMILES string of the molecule is O=C1CCC(Cc2cc(Cl)cc3c2OCC3)C1.